The monoisotopic (exact) mass is 491 g/mol. The van der Waals surface area contributed by atoms with Gasteiger partial charge in [0, 0.05) is 6.54 Å². The quantitative estimate of drug-likeness (QED) is 0.212. The number of benzene rings is 1. The van der Waals surface area contributed by atoms with Crippen LogP contribution in [0.3, 0.4) is 0 Å². The van der Waals surface area contributed by atoms with Crippen molar-refractivity contribution in [1.29, 1.82) is 0 Å². The summed E-state index contributed by atoms with van der Waals surface area (Å²) in [7, 11) is 0. The first-order valence-corrected chi connectivity index (χ1v) is 13.0. The molecule has 0 unspecified atom stereocenters. The first kappa shape index (κ1) is 22.6. The number of thiophene rings is 1. The SMILES string of the molecule is C=CCn1c(SCC(=O)Nc2c(C)nn(-c3ccccc3)c2C)nc2scc(C3CC3)c2c1=O. The lowest BCUT2D eigenvalue weighted by Crippen LogP contribution is -2.24. The fourth-order valence-corrected chi connectivity index (χ4v) is 5.94. The average molecular weight is 492 g/mol. The third-order valence-electron chi connectivity index (χ3n) is 5.90. The lowest BCUT2D eigenvalue weighted by molar-refractivity contribution is -0.113. The Morgan fingerprint density at radius 3 is 2.76 bits per heavy atom. The standard InChI is InChI=1S/C25H25N5O2S2/c1-4-12-29-24(32)21-19(17-10-11-17)13-33-23(21)27-25(29)34-14-20(31)26-22-15(2)28-30(16(22)3)18-8-6-5-7-9-18/h4-9,13,17H,1,10-12,14H2,2-3H3,(H,26,31). The number of nitrogens with one attached hydrogen (secondary N) is 1. The minimum absolute atomic E-state index is 0.0493. The van der Waals surface area contributed by atoms with Gasteiger partial charge in [0.05, 0.1) is 33.9 Å². The summed E-state index contributed by atoms with van der Waals surface area (Å²) >= 11 is 2.77. The Hall–Kier alpha value is -3.17. The lowest BCUT2D eigenvalue weighted by Gasteiger charge is -2.11. The maximum Gasteiger partial charge on any atom is 0.263 e. The van der Waals surface area contributed by atoms with Gasteiger partial charge in [-0.05, 0) is 55.7 Å². The van der Waals surface area contributed by atoms with Crippen molar-refractivity contribution in [3.63, 3.8) is 0 Å². The fraction of sp³-hybridized carbons (Fsp3) is 0.280. The van der Waals surface area contributed by atoms with E-state index in [0.29, 0.717) is 23.3 Å². The third kappa shape index (κ3) is 4.21. The molecule has 1 N–H and O–H groups in total. The van der Waals surface area contributed by atoms with Crippen LogP contribution in [-0.4, -0.2) is 31.0 Å². The van der Waals surface area contributed by atoms with Crippen molar-refractivity contribution in [2.45, 2.75) is 44.3 Å². The van der Waals surface area contributed by atoms with Crippen LogP contribution < -0.4 is 10.9 Å². The second kappa shape index (κ2) is 9.23. The molecule has 0 radical (unpaired) electrons. The van der Waals surface area contributed by atoms with Gasteiger partial charge in [-0.2, -0.15) is 5.10 Å². The number of amides is 1. The number of aromatic nitrogens is 4. The first-order chi connectivity index (χ1) is 16.5. The molecule has 174 valence electrons. The summed E-state index contributed by atoms with van der Waals surface area (Å²) in [6.45, 7) is 7.95. The topological polar surface area (TPSA) is 81.8 Å². The molecule has 4 aromatic rings. The number of thioether (sulfide) groups is 1. The van der Waals surface area contributed by atoms with Crippen LogP contribution >= 0.6 is 23.1 Å². The zero-order valence-corrected chi connectivity index (χ0v) is 20.7. The van der Waals surface area contributed by atoms with E-state index < -0.39 is 0 Å². The second-order valence-corrected chi connectivity index (χ2v) is 10.2. The highest BCUT2D eigenvalue weighted by Crippen LogP contribution is 2.44. The van der Waals surface area contributed by atoms with Crippen molar-refractivity contribution >= 4 is 44.9 Å². The third-order valence-corrected chi connectivity index (χ3v) is 7.77. The molecular formula is C25H25N5O2S2. The molecule has 1 aliphatic rings. The Balaban J connectivity index is 1.36. The summed E-state index contributed by atoms with van der Waals surface area (Å²) in [5.41, 5.74) is 4.31. The van der Waals surface area contributed by atoms with E-state index in [1.165, 1.54) is 23.1 Å². The normalized spacial score (nSPS) is 13.4. The van der Waals surface area contributed by atoms with Crippen molar-refractivity contribution in [3.8, 4) is 5.69 Å². The van der Waals surface area contributed by atoms with Crippen molar-refractivity contribution in [2.75, 3.05) is 11.1 Å². The van der Waals surface area contributed by atoms with E-state index in [4.69, 9.17) is 4.98 Å². The number of carbonyl (C=O) groups is 1. The highest BCUT2D eigenvalue weighted by Gasteiger charge is 2.29. The fourth-order valence-electron chi connectivity index (χ4n) is 4.07. The van der Waals surface area contributed by atoms with Gasteiger partial charge in [0.2, 0.25) is 5.91 Å². The summed E-state index contributed by atoms with van der Waals surface area (Å²) < 4.78 is 3.44. The molecule has 1 saturated carbocycles. The highest BCUT2D eigenvalue weighted by molar-refractivity contribution is 7.99. The number of hydrogen-bond donors (Lipinski definition) is 1. The minimum Gasteiger partial charge on any atom is -0.322 e. The number of carbonyl (C=O) groups excluding carboxylic acids is 1. The average Bonchev–Trinajstić information content (AvgIpc) is 3.54. The van der Waals surface area contributed by atoms with Crippen molar-refractivity contribution < 1.29 is 4.79 Å². The van der Waals surface area contributed by atoms with Crippen LogP contribution in [0.2, 0.25) is 0 Å². The summed E-state index contributed by atoms with van der Waals surface area (Å²) in [5.74, 6) is 0.437. The molecule has 5 rings (SSSR count). The number of hydrogen-bond acceptors (Lipinski definition) is 6. The second-order valence-electron chi connectivity index (χ2n) is 8.37. The molecular weight excluding hydrogens is 466 g/mol. The van der Waals surface area contributed by atoms with Gasteiger partial charge in [-0.15, -0.1) is 17.9 Å². The van der Waals surface area contributed by atoms with Crippen LogP contribution in [0.5, 0.6) is 0 Å². The van der Waals surface area contributed by atoms with Crippen molar-refractivity contribution in [2.24, 2.45) is 0 Å². The Labute approximate surface area is 205 Å². The number of anilines is 1. The summed E-state index contributed by atoms with van der Waals surface area (Å²) in [6.07, 6.45) is 3.94. The summed E-state index contributed by atoms with van der Waals surface area (Å²) in [6, 6.07) is 9.81. The molecule has 0 bridgehead atoms. The van der Waals surface area contributed by atoms with Gasteiger partial charge >= 0.3 is 0 Å². The van der Waals surface area contributed by atoms with Crippen LogP contribution in [-0.2, 0) is 11.3 Å². The van der Waals surface area contributed by atoms with E-state index in [1.54, 1.807) is 10.6 Å². The molecule has 1 amide bonds. The Morgan fingerprint density at radius 1 is 1.29 bits per heavy atom. The Kier molecular flexibility index (Phi) is 6.14. The largest absolute Gasteiger partial charge is 0.322 e. The molecule has 0 atom stereocenters. The maximum atomic E-state index is 13.3. The molecule has 3 heterocycles. The van der Waals surface area contributed by atoms with Crippen molar-refractivity contribution in [1.82, 2.24) is 19.3 Å². The zero-order chi connectivity index (χ0) is 23.8. The number of aryl methyl sites for hydroxylation is 1. The zero-order valence-electron chi connectivity index (χ0n) is 19.1. The van der Waals surface area contributed by atoms with Crippen LogP contribution in [0.4, 0.5) is 5.69 Å². The van der Waals surface area contributed by atoms with Gasteiger partial charge < -0.3 is 5.32 Å². The molecule has 0 saturated heterocycles. The molecule has 34 heavy (non-hydrogen) atoms. The van der Waals surface area contributed by atoms with Crippen LogP contribution in [0.15, 0.2) is 58.3 Å². The molecule has 1 fully saturated rings. The highest BCUT2D eigenvalue weighted by atomic mass is 32.2. The summed E-state index contributed by atoms with van der Waals surface area (Å²) in [5, 5.41) is 10.9. The molecule has 9 heteroatoms. The number of rotatable bonds is 8. The van der Waals surface area contributed by atoms with Crippen LogP contribution in [0, 0.1) is 13.8 Å². The van der Waals surface area contributed by atoms with Gasteiger partial charge in [0.25, 0.3) is 5.56 Å². The van der Waals surface area contributed by atoms with Gasteiger partial charge in [-0.25, -0.2) is 9.67 Å². The predicted octanol–water partition coefficient (Wildman–Crippen LogP) is 5.05. The Morgan fingerprint density at radius 2 is 2.06 bits per heavy atom. The van der Waals surface area contributed by atoms with Gasteiger partial charge in [0.15, 0.2) is 5.16 Å². The number of nitrogens with zero attached hydrogens (tertiary/aromatic N) is 4. The lowest BCUT2D eigenvalue weighted by atomic mass is 10.1. The predicted molar refractivity (Wildman–Crippen MR) is 138 cm³/mol. The van der Waals surface area contributed by atoms with Gasteiger partial charge in [-0.3, -0.25) is 14.2 Å². The van der Waals surface area contributed by atoms with E-state index in [9.17, 15) is 9.59 Å². The number of fused-ring (bicyclic) bond motifs is 1. The molecule has 1 aliphatic carbocycles. The molecule has 7 nitrogen and oxygen atoms in total. The van der Waals surface area contributed by atoms with Crippen LogP contribution in [0.1, 0.15) is 35.7 Å². The van der Waals surface area contributed by atoms with E-state index in [0.717, 1.165) is 45.7 Å². The maximum absolute atomic E-state index is 13.3. The van der Waals surface area contributed by atoms with Gasteiger partial charge in [-0.1, -0.05) is 36.0 Å². The molecule has 0 spiro atoms. The molecule has 1 aromatic carbocycles. The smallest absolute Gasteiger partial charge is 0.263 e. The van der Waals surface area contributed by atoms with E-state index in [2.05, 4.69) is 22.4 Å². The van der Waals surface area contributed by atoms with Crippen LogP contribution in [0.25, 0.3) is 15.9 Å². The van der Waals surface area contributed by atoms with E-state index in [1.807, 2.05) is 48.9 Å². The van der Waals surface area contributed by atoms with Crippen molar-refractivity contribution in [3.05, 3.63) is 75.7 Å². The Bertz CT molecular complexity index is 1450. The molecule has 0 aliphatic heterocycles. The number of para-hydroxylation sites is 1. The minimum atomic E-state index is -0.173. The van der Waals surface area contributed by atoms with Gasteiger partial charge in [0.1, 0.15) is 4.83 Å². The summed E-state index contributed by atoms with van der Waals surface area (Å²) in [4.78, 5) is 31.6. The number of allylic oxidation sites excluding steroid dienone is 1. The molecule has 3 aromatic heterocycles. The van der Waals surface area contributed by atoms with E-state index >= 15 is 0 Å². The first-order valence-electron chi connectivity index (χ1n) is 11.1. The van der Waals surface area contributed by atoms with E-state index in [-0.39, 0.29) is 17.2 Å².